The SMILES string of the molecule is Cc1nc2c(F)cc(C3=CCCc4ncc(NC(=O)c5ccnc(N6CCNCC6)c5)cc43)cc2n1C(C)C. The number of hydrogen-bond donors (Lipinski definition) is 2. The van der Waals surface area contributed by atoms with E-state index in [2.05, 4.69) is 55.0 Å². The van der Waals surface area contributed by atoms with Crippen LogP contribution in [0.1, 0.15) is 59.3 Å². The van der Waals surface area contributed by atoms with Gasteiger partial charge in [-0.2, -0.15) is 0 Å². The molecule has 4 heterocycles. The minimum atomic E-state index is -0.339. The van der Waals surface area contributed by atoms with Crippen molar-refractivity contribution in [2.45, 2.75) is 39.7 Å². The molecular formula is C30H32FN7O. The van der Waals surface area contributed by atoms with Gasteiger partial charge in [0.05, 0.1) is 17.4 Å². The third-order valence-electron chi connectivity index (χ3n) is 7.45. The molecule has 200 valence electrons. The predicted octanol–water partition coefficient (Wildman–Crippen LogP) is 4.89. The number of piperazine rings is 1. The Morgan fingerprint density at radius 1 is 1.13 bits per heavy atom. The number of fused-ring (bicyclic) bond motifs is 2. The summed E-state index contributed by atoms with van der Waals surface area (Å²) >= 11 is 0. The van der Waals surface area contributed by atoms with Crippen molar-refractivity contribution in [3.63, 3.8) is 0 Å². The first-order chi connectivity index (χ1) is 18.9. The molecule has 1 aromatic carbocycles. The lowest BCUT2D eigenvalue weighted by Crippen LogP contribution is -2.43. The molecule has 1 aliphatic carbocycles. The van der Waals surface area contributed by atoms with Crippen molar-refractivity contribution in [3.8, 4) is 0 Å². The number of imidazole rings is 1. The van der Waals surface area contributed by atoms with Gasteiger partial charge >= 0.3 is 0 Å². The molecule has 0 atom stereocenters. The van der Waals surface area contributed by atoms with Gasteiger partial charge < -0.3 is 20.1 Å². The first kappa shape index (κ1) is 25.2. The van der Waals surface area contributed by atoms with E-state index in [-0.39, 0.29) is 17.8 Å². The summed E-state index contributed by atoms with van der Waals surface area (Å²) in [5.41, 5.74) is 5.83. The van der Waals surface area contributed by atoms with Crippen LogP contribution in [0, 0.1) is 12.7 Å². The first-order valence-electron chi connectivity index (χ1n) is 13.5. The van der Waals surface area contributed by atoms with E-state index < -0.39 is 0 Å². The Bertz CT molecular complexity index is 1600. The van der Waals surface area contributed by atoms with Gasteiger partial charge in [-0.3, -0.25) is 9.78 Å². The Balaban J connectivity index is 1.31. The number of pyridine rings is 2. The number of hydrogen-bond acceptors (Lipinski definition) is 6. The van der Waals surface area contributed by atoms with Crippen molar-refractivity contribution in [2.24, 2.45) is 0 Å². The molecule has 1 amide bonds. The van der Waals surface area contributed by atoms with Crippen molar-refractivity contribution in [1.82, 2.24) is 24.8 Å². The van der Waals surface area contributed by atoms with Gasteiger partial charge in [0.1, 0.15) is 17.2 Å². The van der Waals surface area contributed by atoms with Crippen LogP contribution in [0.3, 0.4) is 0 Å². The van der Waals surface area contributed by atoms with Gasteiger partial charge in [-0.15, -0.1) is 0 Å². The van der Waals surface area contributed by atoms with Crippen molar-refractivity contribution < 1.29 is 9.18 Å². The Kier molecular flexibility index (Phi) is 6.60. The number of halogens is 1. The Morgan fingerprint density at radius 2 is 1.95 bits per heavy atom. The number of carbonyl (C=O) groups is 1. The zero-order valence-electron chi connectivity index (χ0n) is 22.5. The van der Waals surface area contributed by atoms with Crippen LogP contribution in [0.2, 0.25) is 0 Å². The molecule has 3 aromatic heterocycles. The normalized spacial score (nSPS) is 15.4. The fourth-order valence-corrected chi connectivity index (χ4v) is 5.64. The second kappa shape index (κ2) is 10.2. The maximum atomic E-state index is 15.3. The number of allylic oxidation sites excluding steroid dienone is 1. The number of nitrogens with zero attached hydrogens (tertiary/aromatic N) is 5. The highest BCUT2D eigenvalue weighted by Crippen LogP contribution is 2.35. The molecule has 1 fully saturated rings. The highest BCUT2D eigenvalue weighted by atomic mass is 19.1. The predicted molar refractivity (Wildman–Crippen MR) is 152 cm³/mol. The van der Waals surface area contributed by atoms with Gasteiger partial charge in [0.15, 0.2) is 5.82 Å². The summed E-state index contributed by atoms with van der Waals surface area (Å²) < 4.78 is 17.3. The quantitative estimate of drug-likeness (QED) is 0.386. The van der Waals surface area contributed by atoms with E-state index in [0.717, 1.165) is 78.6 Å². The monoisotopic (exact) mass is 525 g/mol. The molecule has 0 bridgehead atoms. The number of anilines is 2. The molecule has 6 rings (SSSR count). The van der Waals surface area contributed by atoms with Gasteiger partial charge in [-0.1, -0.05) is 6.08 Å². The smallest absolute Gasteiger partial charge is 0.255 e. The van der Waals surface area contributed by atoms with Crippen LogP contribution < -0.4 is 15.5 Å². The molecule has 2 aliphatic rings. The van der Waals surface area contributed by atoms with E-state index in [1.165, 1.54) is 0 Å². The van der Waals surface area contributed by atoms with E-state index in [0.29, 0.717) is 16.8 Å². The van der Waals surface area contributed by atoms with Crippen LogP contribution in [0.15, 0.2) is 48.8 Å². The van der Waals surface area contributed by atoms with Crippen molar-refractivity contribution in [2.75, 3.05) is 36.4 Å². The Morgan fingerprint density at radius 3 is 2.74 bits per heavy atom. The number of amides is 1. The van der Waals surface area contributed by atoms with Crippen LogP contribution in [0.25, 0.3) is 16.6 Å². The van der Waals surface area contributed by atoms with Crippen LogP contribution in [-0.2, 0) is 6.42 Å². The van der Waals surface area contributed by atoms with Crippen LogP contribution in [-0.4, -0.2) is 51.6 Å². The molecule has 1 aliphatic heterocycles. The largest absolute Gasteiger partial charge is 0.354 e. The molecule has 4 aromatic rings. The number of aromatic nitrogens is 4. The fourth-order valence-electron chi connectivity index (χ4n) is 5.64. The van der Waals surface area contributed by atoms with Crippen molar-refractivity contribution in [3.05, 3.63) is 82.8 Å². The van der Waals surface area contributed by atoms with E-state index in [4.69, 9.17) is 0 Å². The molecular weight excluding hydrogens is 493 g/mol. The topological polar surface area (TPSA) is 88.0 Å². The van der Waals surface area contributed by atoms with E-state index in [1.807, 2.05) is 25.1 Å². The summed E-state index contributed by atoms with van der Waals surface area (Å²) in [7, 11) is 0. The lowest BCUT2D eigenvalue weighted by Gasteiger charge is -2.28. The van der Waals surface area contributed by atoms with E-state index in [9.17, 15) is 4.79 Å². The third kappa shape index (κ3) is 4.78. The van der Waals surface area contributed by atoms with Gasteiger partial charge in [-0.05, 0) is 75.1 Å². The molecule has 2 N–H and O–H groups in total. The van der Waals surface area contributed by atoms with E-state index >= 15 is 4.39 Å². The van der Waals surface area contributed by atoms with Gasteiger partial charge in [0.25, 0.3) is 5.91 Å². The average Bonchev–Trinajstić information content (AvgIpc) is 3.30. The maximum Gasteiger partial charge on any atom is 0.255 e. The third-order valence-corrected chi connectivity index (χ3v) is 7.45. The Hall–Kier alpha value is -4.11. The van der Waals surface area contributed by atoms with Crippen molar-refractivity contribution >= 4 is 34.0 Å². The van der Waals surface area contributed by atoms with Gasteiger partial charge in [0.2, 0.25) is 0 Å². The van der Waals surface area contributed by atoms with Crippen LogP contribution in [0.5, 0.6) is 0 Å². The fraction of sp³-hybridized carbons (Fsp3) is 0.333. The molecule has 9 heteroatoms. The van der Waals surface area contributed by atoms with Crippen LogP contribution in [0.4, 0.5) is 15.9 Å². The number of rotatable bonds is 5. The molecule has 0 radical (unpaired) electrons. The summed E-state index contributed by atoms with van der Waals surface area (Å²) in [5.74, 6) is 1.03. The lowest BCUT2D eigenvalue weighted by molar-refractivity contribution is 0.102. The number of nitrogens with one attached hydrogen (secondary N) is 2. The van der Waals surface area contributed by atoms with Gasteiger partial charge in [-0.25, -0.2) is 14.4 Å². The molecule has 0 spiro atoms. The average molecular weight is 526 g/mol. The number of benzene rings is 1. The molecule has 0 unspecified atom stereocenters. The minimum Gasteiger partial charge on any atom is -0.354 e. The zero-order chi connectivity index (χ0) is 27.1. The standard InChI is InChI=1S/C30H32FN7O/c1-18(2)38-19(3)35-29-25(31)13-21(14-27(29)38)23-5-4-6-26-24(23)16-22(17-34-26)36-30(39)20-7-8-33-28(15-20)37-11-9-32-10-12-37/h5,7-8,13-18,32H,4,6,9-12H2,1-3H3,(H,36,39). The number of carbonyl (C=O) groups excluding carboxylic acids is 1. The molecule has 39 heavy (non-hydrogen) atoms. The summed E-state index contributed by atoms with van der Waals surface area (Å²) in [5, 5.41) is 6.33. The summed E-state index contributed by atoms with van der Waals surface area (Å²) in [4.78, 5) is 29.0. The molecule has 0 saturated carbocycles. The Labute approximate surface area is 227 Å². The summed E-state index contributed by atoms with van der Waals surface area (Å²) in [6.07, 6.45) is 7.10. The summed E-state index contributed by atoms with van der Waals surface area (Å²) in [6, 6.07) is 9.21. The highest BCUT2D eigenvalue weighted by molar-refractivity contribution is 6.05. The van der Waals surface area contributed by atoms with Crippen LogP contribution >= 0.6 is 0 Å². The van der Waals surface area contributed by atoms with E-state index in [1.54, 1.807) is 24.5 Å². The zero-order valence-corrected chi connectivity index (χ0v) is 22.5. The van der Waals surface area contributed by atoms with Crippen molar-refractivity contribution in [1.29, 1.82) is 0 Å². The molecule has 8 nitrogen and oxygen atoms in total. The summed E-state index contributed by atoms with van der Waals surface area (Å²) in [6.45, 7) is 9.54. The van der Waals surface area contributed by atoms with Gasteiger partial charge in [0, 0.05) is 55.2 Å². The lowest BCUT2D eigenvalue weighted by atomic mass is 9.89. The number of aryl methyl sites for hydroxylation is 2. The second-order valence-corrected chi connectivity index (χ2v) is 10.4. The second-order valence-electron chi connectivity index (χ2n) is 10.4. The molecule has 1 saturated heterocycles. The highest BCUT2D eigenvalue weighted by Gasteiger charge is 2.21. The first-order valence-corrected chi connectivity index (χ1v) is 13.5. The minimum absolute atomic E-state index is 0.154. The maximum absolute atomic E-state index is 15.3.